The molecule has 0 saturated heterocycles. The second kappa shape index (κ2) is 6.83. The van der Waals surface area contributed by atoms with Crippen molar-refractivity contribution in [1.29, 1.82) is 0 Å². The van der Waals surface area contributed by atoms with Crippen molar-refractivity contribution in [1.82, 2.24) is 25.5 Å². The van der Waals surface area contributed by atoms with Crippen molar-refractivity contribution in [2.24, 2.45) is 0 Å². The summed E-state index contributed by atoms with van der Waals surface area (Å²) in [5.41, 5.74) is 0.733. The van der Waals surface area contributed by atoms with E-state index in [2.05, 4.69) is 36.8 Å². The molecule has 0 unspecified atom stereocenters. The first kappa shape index (κ1) is 16.2. The molecule has 2 aromatic carbocycles. The van der Waals surface area contributed by atoms with Gasteiger partial charge in [-0.1, -0.05) is 15.9 Å². The summed E-state index contributed by atoms with van der Waals surface area (Å²) < 4.78 is 28.4. The average molecular weight is 394 g/mol. The third-order valence-electron chi connectivity index (χ3n) is 3.20. The lowest BCUT2D eigenvalue weighted by atomic mass is 10.2. The van der Waals surface area contributed by atoms with Crippen LogP contribution in [0.1, 0.15) is 16.2 Å². The smallest absolute Gasteiger partial charge is 0.251 e. The van der Waals surface area contributed by atoms with Gasteiger partial charge < -0.3 is 5.32 Å². The van der Waals surface area contributed by atoms with Gasteiger partial charge in [-0.3, -0.25) is 4.79 Å². The van der Waals surface area contributed by atoms with Gasteiger partial charge in [-0.05, 0) is 46.8 Å². The molecule has 0 fully saturated rings. The van der Waals surface area contributed by atoms with Crippen LogP contribution in [0.5, 0.6) is 0 Å². The number of carbonyl (C=O) groups is 1. The first-order valence-corrected chi connectivity index (χ1v) is 7.60. The van der Waals surface area contributed by atoms with Crippen LogP contribution in [0.15, 0.2) is 46.9 Å². The molecule has 1 N–H and O–H groups in total. The summed E-state index contributed by atoms with van der Waals surface area (Å²) in [7, 11) is 0. The number of nitrogens with one attached hydrogen (secondary N) is 1. The van der Waals surface area contributed by atoms with Crippen LogP contribution < -0.4 is 5.32 Å². The highest BCUT2D eigenvalue weighted by Crippen LogP contribution is 2.13. The molecule has 0 aliphatic rings. The SMILES string of the molecule is O=C(NCc1nnnn1-c1ccc(F)c(F)c1)c1ccc(Br)cc1. The molecule has 0 aliphatic carbocycles. The Morgan fingerprint density at radius 2 is 1.88 bits per heavy atom. The summed E-state index contributed by atoms with van der Waals surface area (Å²) in [5.74, 6) is -1.99. The van der Waals surface area contributed by atoms with Crippen LogP contribution >= 0.6 is 15.9 Å². The number of carbonyl (C=O) groups excluding carboxylic acids is 1. The third-order valence-corrected chi connectivity index (χ3v) is 3.72. The Morgan fingerprint density at radius 1 is 1.12 bits per heavy atom. The lowest BCUT2D eigenvalue weighted by Gasteiger charge is -2.07. The van der Waals surface area contributed by atoms with E-state index in [4.69, 9.17) is 0 Å². The summed E-state index contributed by atoms with van der Waals surface area (Å²) in [6, 6.07) is 10.1. The Morgan fingerprint density at radius 3 is 2.58 bits per heavy atom. The number of aromatic nitrogens is 4. The monoisotopic (exact) mass is 393 g/mol. The van der Waals surface area contributed by atoms with Gasteiger partial charge in [-0.2, -0.15) is 4.68 Å². The maximum atomic E-state index is 13.3. The second-order valence-corrected chi connectivity index (χ2v) is 5.71. The van der Waals surface area contributed by atoms with Gasteiger partial charge in [0.2, 0.25) is 0 Å². The van der Waals surface area contributed by atoms with Gasteiger partial charge >= 0.3 is 0 Å². The van der Waals surface area contributed by atoms with Gasteiger partial charge in [-0.25, -0.2) is 8.78 Å². The fourth-order valence-corrected chi connectivity index (χ4v) is 2.26. The molecule has 122 valence electrons. The fraction of sp³-hybridized carbons (Fsp3) is 0.0667. The number of amides is 1. The molecule has 0 aliphatic heterocycles. The molecule has 6 nitrogen and oxygen atoms in total. The second-order valence-electron chi connectivity index (χ2n) is 4.79. The number of benzene rings is 2. The van der Waals surface area contributed by atoms with E-state index in [-0.39, 0.29) is 24.0 Å². The van der Waals surface area contributed by atoms with Crippen LogP contribution in [0.3, 0.4) is 0 Å². The molecule has 0 spiro atoms. The van der Waals surface area contributed by atoms with Crippen molar-refractivity contribution in [3.05, 3.63) is 70.0 Å². The zero-order valence-corrected chi connectivity index (χ0v) is 13.7. The van der Waals surface area contributed by atoms with E-state index in [0.717, 1.165) is 16.6 Å². The van der Waals surface area contributed by atoms with Crippen molar-refractivity contribution in [2.45, 2.75) is 6.54 Å². The van der Waals surface area contributed by atoms with Gasteiger partial charge in [0.1, 0.15) is 0 Å². The number of hydrogen-bond acceptors (Lipinski definition) is 4. The fourth-order valence-electron chi connectivity index (χ4n) is 2.00. The molecule has 1 heterocycles. The third kappa shape index (κ3) is 3.46. The summed E-state index contributed by atoms with van der Waals surface area (Å²) in [6.07, 6.45) is 0. The molecule has 3 aromatic rings. The van der Waals surface area contributed by atoms with Crippen LogP contribution in [-0.4, -0.2) is 26.1 Å². The van der Waals surface area contributed by atoms with Crippen molar-refractivity contribution in [3.8, 4) is 5.69 Å². The number of nitrogens with zero attached hydrogens (tertiary/aromatic N) is 4. The molecule has 1 amide bonds. The Hall–Kier alpha value is -2.68. The molecule has 0 radical (unpaired) electrons. The first-order chi connectivity index (χ1) is 11.5. The molecule has 0 bridgehead atoms. The zero-order valence-electron chi connectivity index (χ0n) is 12.1. The predicted molar refractivity (Wildman–Crippen MR) is 84.4 cm³/mol. The average Bonchev–Trinajstić information content (AvgIpc) is 3.04. The van der Waals surface area contributed by atoms with Crippen molar-refractivity contribution in [2.75, 3.05) is 0 Å². The van der Waals surface area contributed by atoms with Crippen LogP contribution in [0.25, 0.3) is 5.69 Å². The van der Waals surface area contributed by atoms with E-state index in [1.807, 2.05) is 0 Å². The Balaban J connectivity index is 1.75. The van der Waals surface area contributed by atoms with Gasteiger partial charge in [0.25, 0.3) is 5.91 Å². The minimum atomic E-state index is -1.01. The van der Waals surface area contributed by atoms with E-state index in [1.165, 1.54) is 10.7 Å². The highest BCUT2D eigenvalue weighted by molar-refractivity contribution is 9.10. The summed E-state index contributed by atoms with van der Waals surface area (Å²) in [4.78, 5) is 12.1. The number of rotatable bonds is 4. The van der Waals surface area contributed by atoms with E-state index in [1.54, 1.807) is 24.3 Å². The normalized spacial score (nSPS) is 10.6. The lowest BCUT2D eigenvalue weighted by Crippen LogP contribution is -2.24. The molecule has 9 heteroatoms. The lowest BCUT2D eigenvalue weighted by molar-refractivity contribution is 0.0949. The summed E-state index contributed by atoms with van der Waals surface area (Å²) in [5, 5.41) is 13.7. The number of halogens is 3. The van der Waals surface area contributed by atoms with Crippen LogP contribution in [-0.2, 0) is 6.54 Å². The van der Waals surface area contributed by atoms with E-state index in [0.29, 0.717) is 5.56 Å². The van der Waals surface area contributed by atoms with Crippen molar-refractivity contribution < 1.29 is 13.6 Å². The first-order valence-electron chi connectivity index (χ1n) is 6.81. The Kier molecular flexibility index (Phi) is 4.61. The maximum absolute atomic E-state index is 13.3. The van der Waals surface area contributed by atoms with Crippen LogP contribution in [0, 0.1) is 11.6 Å². The maximum Gasteiger partial charge on any atom is 0.251 e. The van der Waals surface area contributed by atoms with E-state index < -0.39 is 11.6 Å². The van der Waals surface area contributed by atoms with Gasteiger partial charge in [0.15, 0.2) is 17.5 Å². The minimum Gasteiger partial charge on any atom is -0.345 e. The predicted octanol–water partition coefficient (Wildman–Crippen LogP) is 2.63. The van der Waals surface area contributed by atoms with Crippen LogP contribution in [0.2, 0.25) is 0 Å². The minimum absolute atomic E-state index is 0.0287. The largest absolute Gasteiger partial charge is 0.345 e. The number of hydrogen-bond donors (Lipinski definition) is 1. The Bertz CT molecular complexity index is 882. The molecule has 0 atom stereocenters. The molecule has 1 aromatic heterocycles. The summed E-state index contributed by atoms with van der Waals surface area (Å²) in [6.45, 7) is 0.0287. The topological polar surface area (TPSA) is 72.7 Å². The summed E-state index contributed by atoms with van der Waals surface area (Å²) >= 11 is 3.29. The molecule has 3 rings (SSSR count). The highest BCUT2D eigenvalue weighted by atomic mass is 79.9. The highest BCUT2D eigenvalue weighted by Gasteiger charge is 2.12. The van der Waals surface area contributed by atoms with Crippen molar-refractivity contribution >= 4 is 21.8 Å². The molecular formula is C15H10BrF2N5O. The van der Waals surface area contributed by atoms with E-state index in [9.17, 15) is 13.6 Å². The zero-order chi connectivity index (χ0) is 17.1. The Labute approximate surface area is 143 Å². The van der Waals surface area contributed by atoms with E-state index >= 15 is 0 Å². The molecule has 0 saturated carbocycles. The van der Waals surface area contributed by atoms with Gasteiger partial charge in [0, 0.05) is 16.1 Å². The standard InChI is InChI=1S/C15H10BrF2N5O/c16-10-3-1-9(2-4-10)15(24)19-8-14-20-21-22-23(14)11-5-6-12(17)13(18)7-11/h1-7H,8H2,(H,19,24). The number of tetrazole rings is 1. The quantitative estimate of drug-likeness (QED) is 0.739. The van der Waals surface area contributed by atoms with Crippen LogP contribution in [0.4, 0.5) is 8.78 Å². The molecule has 24 heavy (non-hydrogen) atoms. The van der Waals surface area contributed by atoms with Gasteiger partial charge in [0.05, 0.1) is 12.2 Å². The van der Waals surface area contributed by atoms with Crippen molar-refractivity contribution in [3.63, 3.8) is 0 Å². The van der Waals surface area contributed by atoms with Gasteiger partial charge in [-0.15, -0.1) is 5.10 Å². The molecular weight excluding hydrogens is 384 g/mol.